The third-order valence-electron chi connectivity index (χ3n) is 3.54. The quantitative estimate of drug-likeness (QED) is 0.648. The molecule has 0 unspecified atom stereocenters. The summed E-state index contributed by atoms with van der Waals surface area (Å²) in [6, 6.07) is 0. The SMILES string of the molecule is COc1scc2c1CN([C@]1(F)CCC(=O)NC1=O)C2=O. The van der Waals surface area contributed by atoms with Gasteiger partial charge in [0.15, 0.2) is 5.06 Å². The summed E-state index contributed by atoms with van der Waals surface area (Å²) in [6.07, 6.45) is -0.449. The largest absolute Gasteiger partial charge is 0.487 e. The van der Waals surface area contributed by atoms with E-state index in [1.54, 1.807) is 5.38 Å². The Balaban J connectivity index is 1.93. The first-order valence-electron chi connectivity index (χ1n) is 5.97. The number of nitrogens with zero attached hydrogens (tertiary/aromatic N) is 1. The molecule has 106 valence electrons. The third kappa shape index (κ3) is 1.64. The van der Waals surface area contributed by atoms with Crippen LogP contribution >= 0.6 is 11.3 Å². The van der Waals surface area contributed by atoms with E-state index in [0.29, 0.717) is 16.2 Å². The molecule has 2 aliphatic heterocycles. The van der Waals surface area contributed by atoms with Crippen LogP contribution in [0.5, 0.6) is 5.06 Å². The first kappa shape index (κ1) is 13.0. The Morgan fingerprint density at radius 3 is 2.85 bits per heavy atom. The molecule has 1 atom stereocenters. The Morgan fingerprint density at radius 1 is 1.45 bits per heavy atom. The van der Waals surface area contributed by atoms with Crippen LogP contribution in [-0.4, -0.2) is 35.5 Å². The van der Waals surface area contributed by atoms with E-state index >= 15 is 0 Å². The molecule has 20 heavy (non-hydrogen) atoms. The summed E-state index contributed by atoms with van der Waals surface area (Å²) in [5, 5.41) is 4.06. The van der Waals surface area contributed by atoms with Gasteiger partial charge in [-0.1, -0.05) is 0 Å². The molecule has 0 bridgehead atoms. The monoisotopic (exact) mass is 298 g/mol. The van der Waals surface area contributed by atoms with Crippen molar-refractivity contribution in [2.75, 3.05) is 7.11 Å². The molecule has 2 aliphatic rings. The van der Waals surface area contributed by atoms with Gasteiger partial charge in [-0.2, -0.15) is 0 Å². The lowest BCUT2D eigenvalue weighted by molar-refractivity contribution is -0.154. The summed E-state index contributed by atoms with van der Waals surface area (Å²) in [5.74, 6) is -4.63. The summed E-state index contributed by atoms with van der Waals surface area (Å²) in [7, 11) is 1.47. The van der Waals surface area contributed by atoms with E-state index < -0.39 is 23.5 Å². The number of amides is 3. The Bertz CT molecular complexity index is 629. The van der Waals surface area contributed by atoms with E-state index in [0.717, 1.165) is 4.90 Å². The average molecular weight is 298 g/mol. The number of methoxy groups -OCH3 is 1. The van der Waals surface area contributed by atoms with Crippen LogP contribution in [0.3, 0.4) is 0 Å². The summed E-state index contributed by atoms with van der Waals surface area (Å²) in [5.41, 5.74) is 0.942. The number of imide groups is 1. The standard InChI is InChI=1S/C12H11FN2O4S/c1-19-10-6-4-15(9(17)7(6)5-20-10)12(13)3-2-8(16)14-11(12)18/h5H,2-4H2,1H3,(H,14,16,18)/t12-/m1/s1. The van der Waals surface area contributed by atoms with Gasteiger partial charge in [-0.3, -0.25) is 24.6 Å². The summed E-state index contributed by atoms with van der Waals surface area (Å²) >= 11 is 1.26. The number of ether oxygens (including phenoxy) is 1. The Morgan fingerprint density at radius 2 is 2.20 bits per heavy atom. The van der Waals surface area contributed by atoms with Gasteiger partial charge in [0.1, 0.15) is 0 Å². The third-order valence-corrected chi connectivity index (χ3v) is 4.53. The van der Waals surface area contributed by atoms with E-state index in [4.69, 9.17) is 4.74 Å². The van der Waals surface area contributed by atoms with Crippen LogP contribution in [0.15, 0.2) is 5.38 Å². The molecule has 0 aliphatic carbocycles. The molecular weight excluding hydrogens is 287 g/mol. The van der Waals surface area contributed by atoms with Crippen LogP contribution in [0, 0.1) is 0 Å². The zero-order valence-corrected chi connectivity index (χ0v) is 11.4. The van der Waals surface area contributed by atoms with Gasteiger partial charge < -0.3 is 4.74 Å². The highest BCUT2D eigenvalue weighted by molar-refractivity contribution is 7.12. The topological polar surface area (TPSA) is 75.7 Å². The van der Waals surface area contributed by atoms with Gasteiger partial charge in [-0.25, -0.2) is 4.39 Å². The zero-order valence-electron chi connectivity index (χ0n) is 10.6. The molecule has 0 radical (unpaired) electrons. The Hall–Kier alpha value is -1.96. The predicted octanol–water partition coefficient (Wildman–Crippen LogP) is 0.815. The molecule has 1 aromatic rings. The van der Waals surface area contributed by atoms with Crippen LogP contribution in [0.2, 0.25) is 0 Å². The van der Waals surface area contributed by atoms with Crippen molar-refractivity contribution in [3.05, 3.63) is 16.5 Å². The van der Waals surface area contributed by atoms with Crippen molar-refractivity contribution in [1.82, 2.24) is 10.2 Å². The summed E-state index contributed by atoms with van der Waals surface area (Å²) in [6.45, 7) is -0.0288. The van der Waals surface area contributed by atoms with Crippen molar-refractivity contribution in [3.8, 4) is 5.06 Å². The minimum Gasteiger partial charge on any atom is -0.487 e. The van der Waals surface area contributed by atoms with Crippen LogP contribution in [0.1, 0.15) is 28.8 Å². The highest BCUT2D eigenvalue weighted by Gasteiger charge is 2.53. The van der Waals surface area contributed by atoms with Gasteiger partial charge in [0, 0.05) is 23.8 Å². The van der Waals surface area contributed by atoms with Crippen molar-refractivity contribution in [3.63, 3.8) is 0 Å². The molecule has 8 heteroatoms. The molecule has 3 amide bonds. The molecule has 3 rings (SSSR count). The number of carbonyl (C=O) groups is 3. The van der Waals surface area contributed by atoms with E-state index in [-0.39, 0.29) is 19.4 Å². The minimum absolute atomic E-state index is 0.0288. The number of carbonyl (C=O) groups excluding carboxylic acids is 3. The second kappa shape index (κ2) is 4.27. The number of hydrogen-bond acceptors (Lipinski definition) is 5. The van der Waals surface area contributed by atoms with Crippen molar-refractivity contribution in [2.45, 2.75) is 25.2 Å². The molecular formula is C12H11FN2O4S. The fraction of sp³-hybridized carbons (Fsp3) is 0.417. The van der Waals surface area contributed by atoms with E-state index in [9.17, 15) is 18.8 Å². The van der Waals surface area contributed by atoms with E-state index in [1.165, 1.54) is 18.4 Å². The smallest absolute Gasteiger partial charge is 0.285 e. The van der Waals surface area contributed by atoms with Gasteiger partial charge in [0.25, 0.3) is 17.6 Å². The van der Waals surface area contributed by atoms with Crippen LogP contribution in [0.25, 0.3) is 0 Å². The van der Waals surface area contributed by atoms with Crippen molar-refractivity contribution in [2.24, 2.45) is 0 Å². The highest BCUT2D eigenvalue weighted by atomic mass is 32.1. The maximum Gasteiger partial charge on any atom is 0.285 e. The normalized spacial score (nSPS) is 25.7. The number of nitrogens with one attached hydrogen (secondary N) is 1. The fourth-order valence-corrected chi connectivity index (χ4v) is 3.34. The molecule has 3 heterocycles. The van der Waals surface area contributed by atoms with Gasteiger partial charge in [-0.15, -0.1) is 11.3 Å². The number of alkyl halides is 1. The second-order valence-corrected chi connectivity index (χ2v) is 5.49. The minimum atomic E-state index is -2.48. The van der Waals surface area contributed by atoms with Crippen LogP contribution in [0.4, 0.5) is 4.39 Å². The summed E-state index contributed by atoms with van der Waals surface area (Å²) < 4.78 is 20.0. The van der Waals surface area contributed by atoms with Gasteiger partial charge in [-0.05, 0) is 0 Å². The molecule has 0 saturated carbocycles. The highest BCUT2D eigenvalue weighted by Crippen LogP contribution is 2.41. The molecule has 1 aromatic heterocycles. The van der Waals surface area contributed by atoms with Gasteiger partial charge >= 0.3 is 0 Å². The van der Waals surface area contributed by atoms with Gasteiger partial charge in [0.05, 0.1) is 19.2 Å². The molecule has 1 saturated heterocycles. The first-order chi connectivity index (χ1) is 9.47. The maximum absolute atomic E-state index is 14.9. The number of fused-ring (bicyclic) bond motifs is 1. The summed E-state index contributed by atoms with van der Waals surface area (Å²) in [4.78, 5) is 36.0. The number of thiophene rings is 1. The number of rotatable bonds is 2. The second-order valence-electron chi connectivity index (χ2n) is 4.65. The first-order valence-corrected chi connectivity index (χ1v) is 6.85. The maximum atomic E-state index is 14.9. The Kier molecular flexibility index (Phi) is 2.79. The van der Waals surface area contributed by atoms with Crippen molar-refractivity contribution in [1.29, 1.82) is 0 Å². The predicted molar refractivity (Wildman–Crippen MR) is 67.0 cm³/mol. The number of piperidine rings is 1. The molecule has 0 aromatic carbocycles. The van der Waals surface area contributed by atoms with Crippen LogP contribution < -0.4 is 10.1 Å². The molecule has 1 fully saturated rings. The van der Waals surface area contributed by atoms with E-state index in [1.807, 2.05) is 5.32 Å². The zero-order chi connectivity index (χ0) is 14.5. The van der Waals surface area contributed by atoms with Crippen LogP contribution in [-0.2, 0) is 16.1 Å². The number of hydrogen-bond donors (Lipinski definition) is 1. The van der Waals surface area contributed by atoms with Gasteiger partial charge in [0.2, 0.25) is 5.91 Å². The van der Waals surface area contributed by atoms with Crippen molar-refractivity contribution < 1.29 is 23.5 Å². The fourth-order valence-electron chi connectivity index (χ4n) is 2.46. The molecule has 1 N–H and O–H groups in total. The van der Waals surface area contributed by atoms with E-state index in [2.05, 4.69) is 0 Å². The lowest BCUT2D eigenvalue weighted by Crippen LogP contribution is -2.60. The molecule has 0 spiro atoms. The number of halogens is 1. The lowest BCUT2D eigenvalue weighted by atomic mass is 10.0. The average Bonchev–Trinajstić information content (AvgIpc) is 2.95. The lowest BCUT2D eigenvalue weighted by Gasteiger charge is -2.35. The molecule has 6 nitrogen and oxygen atoms in total. The van der Waals surface area contributed by atoms with Crippen molar-refractivity contribution >= 4 is 29.1 Å². The Labute approximate surface area is 117 Å².